The van der Waals surface area contributed by atoms with Crippen molar-refractivity contribution in [2.75, 3.05) is 5.75 Å². The van der Waals surface area contributed by atoms with Gasteiger partial charge in [-0.05, 0) is 17.9 Å². The summed E-state index contributed by atoms with van der Waals surface area (Å²) in [5.74, 6) is 1.69. The predicted octanol–water partition coefficient (Wildman–Crippen LogP) is 3.33. The fourth-order valence-electron chi connectivity index (χ4n) is 1.35. The van der Waals surface area contributed by atoms with Gasteiger partial charge in [0.2, 0.25) is 0 Å². The Bertz CT molecular complexity index is 511. The van der Waals surface area contributed by atoms with E-state index >= 15 is 0 Å². The monoisotopic (exact) mass is 230 g/mol. The smallest absolute Gasteiger partial charge is 0.184 e. The molecule has 2 rings (SSSR count). The molecule has 0 spiro atoms. The number of rotatable bonds is 3. The van der Waals surface area contributed by atoms with Crippen LogP contribution in [0.5, 0.6) is 0 Å². The maximum atomic E-state index is 8.64. The molecule has 0 aliphatic rings. The number of aromatic nitrogens is 1. The molecule has 1 aromatic carbocycles. The Labute approximate surface area is 98.1 Å². The SMILES string of the molecule is CCSc1ccc(-c2cc(C#N)no2)cc1. The van der Waals surface area contributed by atoms with Crippen molar-refractivity contribution in [1.29, 1.82) is 5.26 Å². The van der Waals surface area contributed by atoms with E-state index in [-0.39, 0.29) is 0 Å². The molecule has 16 heavy (non-hydrogen) atoms. The van der Waals surface area contributed by atoms with Crippen LogP contribution < -0.4 is 0 Å². The molecule has 0 saturated carbocycles. The summed E-state index contributed by atoms with van der Waals surface area (Å²) in [6.45, 7) is 2.12. The number of benzene rings is 1. The van der Waals surface area contributed by atoms with E-state index in [0.29, 0.717) is 11.5 Å². The maximum absolute atomic E-state index is 8.64. The molecule has 0 N–H and O–H groups in total. The minimum Gasteiger partial charge on any atom is -0.355 e. The van der Waals surface area contributed by atoms with Gasteiger partial charge < -0.3 is 4.52 Å². The molecule has 0 saturated heterocycles. The van der Waals surface area contributed by atoms with Crippen molar-refractivity contribution in [1.82, 2.24) is 5.16 Å². The molecule has 2 aromatic rings. The summed E-state index contributed by atoms with van der Waals surface area (Å²) >= 11 is 1.79. The zero-order chi connectivity index (χ0) is 11.4. The summed E-state index contributed by atoms with van der Waals surface area (Å²) < 4.78 is 5.06. The number of thioether (sulfide) groups is 1. The molecule has 3 nitrogen and oxygen atoms in total. The highest BCUT2D eigenvalue weighted by Gasteiger charge is 2.05. The van der Waals surface area contributed by atoms with Gasteiger partial charge in [-0.15, -0.1) is 11.8 Å². The van der Waals surface area contributed by atoms with Crippen molar-refractivity contribution < 1.29 is 4.52 Å². The fraction of sp³-hybridized carbons (Fsp3) is 0.167. The van der Waals surface area contributed by atoms with Gasteiger partial charge in [-0.1, -0.05) is 24.2 Å². The van der Waals surface area contributed by atoms with E-state index in [9.17, 15) is 0 Å². The van der Waals surface area contributed by atoms with Crippen LogP contribution in [0.15, 0.2) is 39.8 Å². The van der Waals surface area contributed by atoms with Gasteiger partial charge in [0.05, 0.1) is 0 Å². The van der Waals surface area contributed by atoms with Crippen molar-refractivity contribution in [2.24, 2.45) is 0 Å². The van der Waals surface area contributed by atoms with Crippen LogP contribution in [0, 0.1) is 11.3 Å². The van der Waals surface area contributed by atoms with Crippen molar-refractivity contribution in [2.45, 2.75) is 11.8 Å². The first-order chi connectivity index (χ1) is 7.83. The second-order valence-corrected chi connectivity index (χ2v) is 4.48. The average molecular weight is 230 g/mol. The molecule has 1 heterocycles. The minimum atomic E-state index is 0.307. The minimum absolute atomic E-state index is 0.307. The first kappa shape index (κ1) is 10.8. The summed E-state index contributed by atoms with van der Waals surface area (Å²) in [6, 6.07) is 11.6. The highest BCUT2D eigenvalue weighted by atomic mass is 32.2. The van der Waals surface area contributed by atoms with Gasteiger partial charge in [0.25, 0.3) is 0 Å². The highest BCUT2D eigenvalue weighted by Crippen LogP contribution is 2.24. The summed E-state index contributed by atoms with van der Waals surface area (Å²) in [5, 5.41) is 12.3. The Hall–Kier alpha value is -1.73. The normalized spacial score (nSPS) is 10.0. The van der Waals surface area contributed by atoms with E-state index in [1.165, 1.54) is 4.90 Å². The Kier molecular flexibility index (Phi) is 3.28. The quantitative estimate of drug-likeness (QED) is 0.759. The third-order valence-corrected chi connectivity index (χ3v) is 2.97. The summed E-state index contributed by atoms with van der Waals surface area (Å²) in [6.07, 6.45) is 0. The van der Waals surface area contributed by atoms with Gasteiger partial charge in [0, 0.05) is 16.5 Å². The van der Waals surface area contributed by atoms with E-state index in [1.54, 1.807) is 17.8 Å². The van der Waals surface area contributed by atoms with Crippen LogP contribution in [0.1, 0.15) is 12.6 Å². The molecular formula is C12H10N2OS. The predicted molar refractivity (Wildman–Crippen MR) is 63.1 cm³/mol. The molecule has 0 unspecified atom stereocenters. The topological polar surface area (TPSA) is 49.8 Å². The van der Waals surface area contributed by atoms with E-state index < -0.39 is 0 Å². The molecule has 0 fully saturated rings. The lowest BCUT2D eigenvalue weighted by molar-refractivity contribution is 0.430. The second kappa shape index (κ2) is 4.86. The van der Waals surface area contributed by atoms with E-state index in [0.717, 1.165) is 11.3 Å². The molecule has 0 aliphatic heterocycles. The van der Waals surface area contributed by atoms with Crippen LogP contribution in [-0.4, -0.2) is 10.9 Å². The third kappa shape index (κ3) is 2.26. The van der Waals surface area contributed by atoms with Crippen LogP contribution in [0.4, 0.5) is 0 Å². The fourth-order valence-corrected chi connectivity index (χ4v) is 2.01. The molecule has 0 atom stereocenters. The first-order valence-corrected chi connectivity index (χ1v) is 5.92. The number of nitriles is 1. The molecule has 0 amide bonds. The van der Waals surface area contributed by atoms with Gasteiger partial charge in [-0.2, -0.15) is 5.26 Å². The Morgan fingerprint density at radius 2 is 2.12 bits per heavy atom. The van der Waals surface area contributed by atoms with Crippen LogP contribution in [0.2, 0.25) is 0 Å². The first-order valence-electron chi connectivity index (χ1n) is 4.93. The van der Waals surface area contributed by atoms with E-state index in [4.69, 9.17) is 9.78 Å². The van der Waals surface area contributed by atoms with Gasteiger partial charge in [-0.25, -0.2) is 0 Å². The summed E-state index contributed by atoms with van der Waals surface area (Å²) in [7, 11) is 0. The van der Waals surface area contributed by atoms with Crippen molar-refractivity contribution in [3.8, 4) is 17.4 Å². The van der Waals surface area contributed by atoms with Gasteiger partial charge >= 0.3 is 0 Å². The number of nitrogens with zero attached hydrogens (tertiary/aromatic N) is 2. The Morgan fingerprint density at radius 1 is 1.38 bits per heavy atom. The maximum Gasteiger partial charge on any atom is 0.184 e. The molecule has 0 bridgehead atoms. The van der Waals surface area contributed by atoms with Crippen molar-refractivity contribution in [3.63, 3.8) is 0 Å². The van der Waals surface area contributed by atoms with Crippen LogP contribution in [-0.2, 0) is 0 Å². The zero-order valence-corrected chi connectivity index (χ0v) is 9.62. The lowest BCUT2D eigenvalue weighted by atomic mass is 10.2. The average Bonchev–Trinajstić information content (AvgIpc) is 2.79. The Morgan fingerprint density at radius 3 is 2.69 bits per heavy atom. The molecule has 0 aliphatic carbocycles. The van der Waals surface area contributed by atoms with Crippen molar-refractivity contribution in [3.05, 3.63) is 36.0 Å². The van der Waals surface area contributed by atoms with Crippen LogP contribution in [0.25, 0.3) is 11.3 Å². The lowest BCUT2D eigenvalue weighted by Crippen LogP contribution is -1.75. The van der Waals surface area contributed by atoms with Gasteiger partial charge in [0.15, 0.2) is 11.5 Å². The van der Waals surface area contributed by atoms with E-state index in [2.05, 4.69) is 12.1 Å². The van der Waals surface area contributed by atoms with E-state index in [1.807, 2.05) is 30.3 Å². The molecule has 1 aromatic heterocycles. The van der Waals surface area contributed by atoms with Gasteiger partial charge in [0.1, 0.15) is 6.07 Å². The summed E-state index contributed by atoms with van der Waals surface area (Å²) in [5.41, 5.74) is 1.25. The molecular weight excluding hydrogens is 220 g/mol. The zero-order valence-electron chi connectivity index (χ0n) is 8.80. The largest absolute Gasteiger partial charge is 0.355 e. The number of hydrogen-bond acceptors (Lipinski definition) is 4. The second-order valence-electron chi connectivity index (χ2n) is 3.15. The molecule has 4 heteroatoms. The Balaban J connectivity index is 2.24. The van der Waals surface area contributed by atoms with Crippen LogP contribution >= 0.6 is 11.8 Å². The number of hydrogen-bond donors (Lipinski definition) is 0. The highest BCUT2D eigenvalue weighted by molar-refractivity contribution is 7.99. The third-order valence-electron chi connectivity index (χ3n) is 2.07. The standard InChI is InChI=1S/C12H10N2OS/c1-2-16-11-5-3-9(4-6-11)12-7-10(8-13)14-15-12/h3-7H,2H2,1H3. The lowest BCUT2D eigenvalue weighted by Gasteiger charge is -1.99. The van der Waals surface area contributed by atoms with Crippen LogP contribution in [0.3, 0.4) is 0 Å². The van der Waals surface area contributed by atoms with Gasteiger partial charge in [-0.3, -0.25) is 0 Å². The summed E-state index contributed by atoms with van der Waals surface area (Å²) in [4.78, 5) is 1.23. The molecule has 80 valence electrons. The van der Waals surface area contributed by atoms with Crippen molar-refractivity contribution >= 4 is 11.8 Å². The molecule has 0 radical (unpaired) electrons.